The highest BCUT2D eigenvalue weighted by Gasteiger charge is 2.37. The van der Waals surface area contributed by atoms with Crippen molar-refractivity contribution in [2.24, 2.45) is 5.73 Å². The fourth-order valence-electron chi connectivity index (χ4n) is 2.99. The standard InChI is InChI=1S/C16H17ClFN5O3/c1-26-14-4-9(17)2-3-12(14)16(25)23-6-10(18)5-11(23)7-22-8-13(15(19)24)20-21-22/h2-4,8,10-11H,5-7H2,1H3,(H2,19,24)/t10-,11-/m0/s1. The average Bonchev–Trinajstić information content (AvgIpc) is 3.21. The normalized spacial score (nSPS) is 19.6. The maximum atomic E-state index is 14.0. The molecular formula is C16H17ClFN5O3. The van der Waals surface area contributed by atoms with E-state index in [4.69, 9.17) is 22.1 Å². The van der Waals surface area contributed by atoms with Gasteiger partial charge in [-0.15, -0.1) is 5.10 Å². The van der Waals surface area contributed by atoms with E-state index < -0.39 is 18.1 Å². The molecule has 26 heavy (non-hydrogen) atoms. The summed E-state index contributed by atoms with van der Waals surface area (Å²) in [5.41, 5.74) is 5.46. The summed E-state index contributed by atoms with van der Waals surface area (Å²) in [6.07, 6.45) is 0.383. The number of hydrogen-bond acceptors (Lipinski definition) is 5. The van der Waals surface area contributed by atoms with Crippen LogP contribution in [0.4, 0.5) is 4.39 Å². The predicted molar refractivity (Wildman–Crippen MR) is 90.9 cm³/mol. The van der Waals surface area contributed by atoms with Gasteiger partial charge in [-0.1, -0.05) is 16.8 Å². The molecule has 0 unspecified atom stereocenters. The molecule has 0 bridgehead atoms. The zero-order valence-corrected chi connectivity index (χ0v) is 14.7. The van der Waals surface area contributed by atoms with Crippen molar-refractivity contribution in [1.82, 2.24) is 19.9 Å². The van der Waals surface area contributed by atoms with Crippen LogP contribution in [0.15, 0.2) is 24.4 Å². The summed E-state index contributed by atoms with van der Waals surface area (Å²) in [7, 11) is 1.43. The molecule has 2 amide bonds. The Kier molecular flexibility index (Phi) is 5.08. The third-order valence-corrected chi connectivity index (χ3v) is 4.44. The third-order valence-electron chi connectivity index (χ3n) is 4.21. The van der Waals surface area contributed by atoms with Crippen LogP contribution in [0.1, 0.15) is 27.3 Å². The number of ether oxygens (including phenoxy) is 1. The van der Waals surface area contributed by atoms with Crippen LogP contribution in [0, 0.1) is 0 Å². The quantitative estimate of drug-likeness (QED) is 0.840. The summed E-state index contributed by atoms with van der Waals surface area (Å²) < 4.78 is 20.6. The van der Waals surface area contributed by atoms with Crippen LogP contribution in [0.2, 0.25) is 5.02 Å². The van der Waals surface area contributed by atoms with Gasteiger partial charge in [0, 0.05) is 11.4 Å². The van der Waals surface area contributed by atoms with E-state index in [-0.39, 0.29) is 31.1 Å². The molecule has 2 heterocycles. The average molecular weight is 382 g/mol. The largest absolute Gasteiger partial charge is 0.496 e. The monoisotopic (exact) mass is 381 g/mol. The van der Waals surface area contributed by atoms with Gasteiger partial charge in [0.2, 0.25) is 0 Å². The maximum absolute atomic E-state index is 14.0. The molecule has 2 aromatic rings. The zero-order valence-electron chi connectivity index (χ0n) is 13.9. The molecular weight excluding hydrogens is 365 g/mol. The lowest BCUT2D eigenvalue weighted by Gasteiger charge is -2.25. The van der Waals surface area contributed by atoms with Crippen molar-refractivity contribution in [1.29, 1.82) is 0 Å². The van der Waals surface area contributed by atoms with Gasteiger partial charge in [-0.25, -0.2) is 9.07 Å². The third kappa shape index (κ3) is 3.62. The number of benzene rings is 1. The molecule has 1 saturated heterocycles. The van der Waals surface area contributed by atoms with Crippen LogP contribution < -0.4 is 10.5 Å². The summed E-state index contributed by atoms with van der Waals surface area (Å²) in [6.45, 7) is 0.162. The van der Waals surface area contributed by atoms with E-state index in [0.717, 1.165) is 0 Å². The van der Waals surface area contributed by atoms with Crippen LogP contribution >= 0.6 is 11.6 Å². The van der Waals surface area contributed by atoms with Crippen molar-refractivity contribution in [2.75, 3.05) is 13.7 Å². The van der Waals surface area contributed by atoms with E-state index in [1.807, 2.05) is 0 Å². The van der Waals surface area contributed by atoms with Gasteiger partial charge in [-0.3, -0.25) is 9.59 Å². The van der Waals surface area contributed by atoms with E-state index in [1.54, 1.807) is 12.1 Å². The smallest absolute Gasteiger partial charge is 0.270 e. The highest BCUT2D eigenvalue weighted by atomic mass is 35.5. The fourth-order valence-corrected chi connectivity index (χ4v) is 3.16. The summed E-state index contributed by atoms with van der Waals surface area (Å²) in [4.78, 5) is 25.5. The van der Waals surface area contributed by atoms with Crippen LogP contribution in [0.5, 0.6) is 5.75 Å². The lowest BCUT2D eigenvalue weighted by atomic mass is 10.1. The molecule has 1 aromatic carbocycles. The Morgan fingerprint density at radius 3 is 2.88 bits per heavy atom. The molecule has 0 radical (unpaired) electrons. The number of carbonyl (C=O) groups excluding carboxylic acids is 2. The second-order valence-corrected chi connectivity index (χ2v) is 6.42. The molecule has 1 aliphatic rings. The van der Waals surface area contributed by atoms with Crippen molar-refractivity contribution < 1.29 is 18.7 Å². The van der Waals surface area contributed by atoms with Gasteiger partial charge in [0.15, 0.2) is 5.69 Å². The molecule has 1 aliphatic heterocycles. The van der Waals surface area contributed by atoms with Gasteiger partial charge in [0.05, 0.1) is 38.0 Å². The minimum Gasteiger partial charge on any atom is -0.496 e. The molecule has 1 fully saturated rings. The number of methoxy groups -OCH3 is 1. The summed E-state index contributed by atoms with van der Waals surface area (Å²) in [5, 5.41) is 7.88. The van der Waals surface area contributed by atoms with Crippen molar-refractivity contribution in [2.45, 2.75) is 25.2 Å². The van der Waals surface area contributed by atoms with E-state index >= 15 is 0 Å². The number of nitrogens with zero attached hydrogens (tertiary/aromatic N) is 4. The molecule has 8 nitrogen and oxygen atoms in total. The lowest BCUT2D eigenvalue weighted by molar-refractivity contribution is 0.0711. The van der Waals surface area contributed by atoms with E-state index in [0.29, 0.717) is 16.3 Å². The molecule has 1 aromatic heterocycles. The Balaban J connectivity index is 1.82. The second-order valence-electron chi connectivity index (χ2n) is 5.98. The predicted octanol–water partition coefficient (Wildman–Crippen LogP) is 1.29. The molecule has 10 heteroatoms. The van der Waals surface area contributed by atoms with E-state index in [9.17, 15) is 14.0 Å². The highest BCUT2D eigenvalue weighted by molar-refractivity contribution is 6.30. The SMILES string of the molecule is COc1cc(Cl)ccc1C(=O)N1C[C@@H](F)C[C@H]1Cn1cc(C(N)=O)nn1. The minimum absolute atomic E-state index is 0.0112. The first-order chi connectivity index (χ1) is 12.4. The molecule has 0 aliphatic carbocycles. The minimum atomic E-state index is -1.15. The maximum Gasteiger partial charge on any atom is 0.270 e. The number of rotatable bonds is 5. The van der Waals surface area contributed by atoms with Crippen LogP contribution in [-0.4, -0.2) is 57.6 Å². The molecule has 3 rings (SSSR count). The summed E-state index contributed by atoms with van der Waals surface area (Å²) >= 11 is 5.93. The fraction of sp³-hybridized carbons (Fsp3) is 0.375. The van der Waals surface area contributed by atoms with Crippen molar-refractivity contribution in [3.8, 4) is 5.75 Å². The van der Waals surface area contributed by atoms with Crippen molar-refractivity contribution >= 4 is 23.4 Å². The Bertz CT molecular complexity index is 843. The van der Waals surface area contributed by atoms with Crippen molar-refractivity contribution in [3.05, 3.63) is 40.7 Å². The molecule has 0 saturated carbocycles. The number of carbonyl (C=O) groups is 2. The van der Waals surface area contributed by atoms with Crippen LogP contribution in [-0.2, 0) is 6.54 Å². The highest BCUT2D eigenvalue weighted by Crippen LogP contribution is 2.29. The van der Waals surface area contributed by atoms with Crippen LogP contribution in [0.25, 0.3) is 0 Å². The van der Waals surface area contributed by atoms with Gasteiger partial charge in [-0.2, -0.15) is 0 Å². The number of alkyl halides is 1. The number of aromatic nitrogens is 3. The van der Waals surface area contributed by atoms with E-state index in [2.05, 4.69) is 10.3 Å². The van der Waals surface area contributed by atoms with E-state index in [1.165, 1.54) is 29.0 Å². The second kappa shape index (κ2) is 7.28. The number of primary amides is 1. The Labute approximate surface area is 153 Å². The molecule has 2 N–H and O–H groups in total. The number of likely N-dealkylation sites (tertiary alicyclic amines) is 1. The summed E-state index contributed by atoms with van der Waals surface area (Å²) in [5.74, 6) is -0.746. The zero-order chi connectivity index (χ0) is 18.8. The molecule has 138 valence electrons. The Morgan fingerprint density at radius 2 is 2.23 bits per heavy atom. The van der Waals surface area contributed by atoms with Gasteiger partial charge >= 0.3 is 0 Å². The van der Waals surface area contributed by atoms with Gasteiger partial charge in [0.25, 0.3) is 11.8 Å². The first-order valence-electron chi connectivity index (χ1n) is 7.87. The first kappa shape index (κ1) is 18.1. The first-order valence-corrected chi connectivity index (χ1v) is 8.25. The lowest BCUT2D eigenvalue weighted by Crippen LogP contribution is -2.38. The molecule has 0 spiro atoms. The number of halogens is 2. The van der Waals surface area contributed by atoms with Gasteiger partial charge in [-0.05, 0) is 18.2 Å². The number of amides is 2. The number of nitrogens with two attached hydrogens (primary N) is 1. The molecule has 2 atom stereocenters. The Hall–Kier alpha value is -2.68. The van der Waals surface area contributed by atoms with Gasteiger partial charge in [0.1, 0.15) is 11.9 Å². The Morgan fingerprint density at radius 1 is 1.46 bits per heavy atom. The number of hydrogen-bond donors (Lipinski definition) is 1. The van der Waals surface area contributed by atoms with Crippen molar-refractivity contribution in [3.63, 3.8) is 0 Å². The van der Waals surface area contributed by atoms with Crippen LogP contribution in [0.3, 0.4) is 0 Å². The topological polar surface area (TPSA) is 103 Å². The van der Waals surface area contributed by atoms with Gasteiger partial charge < -0.3 is 15.4 Å². The summed E-state index contributed by atoms with van der Waals surface area (Å²) in [6, 6.07) is 4.21.